The minimum Gasteiger partial charge on any atom is -0.478 e. The zero-order chi connectivity index (χ0) is 15.4. The van der Waals surface area contributed by atoms with Gasteiger partial charge < -0.3 is 10.4 Å². The van der Waals surface area contributed by atoms with Crippen molar-refractivity contribution < 1.29 is 19.1 Å². The number of benzene rings is 1. The van der Waals surface area contributed by atoms with Gasteiger partial charge in [-0.1, -0.05) is 12.1 Å². The summed E-state index contributed by atoms with van der Waals surface area (Å²) in [6.07, 6.45) is 2.69. The molecule has 0 aliphatic carbocycles. The van der Waals surface area contributed by atoms with Crippen LogP contribution in [0.5, 0.6) is 0 Å². The fraction of sp³-hybridized carbons (Fsp3) is 0.0667. The molecule has 0 bridgehead atoms. The second-order valence-corrected chi connectivity index (χ2v) is 5.54. The third-order valence-corrected chi connectivity index (χ3v) is 3.56. The molecule has 0 radical (unpaired) electrons. The van der Waals surface area contributed by atoms with Crippen molar-refractivity contribution in [3.05, 3.63) is 58.2 Å². The first-order valence-electron chi connectivity index (χ1n) is 6.04. The number of carbonyl (C=O) groups excluding carboxylic acids is 1. The number of thiophene rings is 1. The second kappa shape index (κ2) is 6.32. The average molecular weight is 305 g/mol. The lowest BCUT2D eigenvalue weighted by molar-refractivity contribution is -0.111. The monoisotopic (exact) mass is 305 g/mol. The van der Waals surface area contributed by atoms with Gasteiger partial charge in [0.2, 0.25) is 5.91 Å². The molecule has 2 rings (SSSR count). The minimum atomic E-state index is -1.09. The summed E-state index contributed by atoms with van der Waals surface area (Å²) in [4.78, 5) is 23.6. The van der Waals surface area contributed by atoms with E-state index < -0.39 is 11.9 Å². The normalized spacial score (nSPS) is 10.8. The lowest BCUT2D eigenvalue weighted by Crippen LogP contribution is -2.09. The third kappa shape index (κ3) is 4.00. The van der Waals surface area contributed by atoms with E-state index in [1.54, 1.807) is 13.0 Å². The summed E-state index contributed by atoms with van der Waals surface area (Å²) >= 11 is 1.19. The second-order valence-electron chi connectivity index (χ2n) is 4.28. The summed E-state index contributed by atoms with van der Waals surface area (Å²) in [5.41, 5.74) is 0.607. The highest BCUT2D eigenvalue weighted by Crippen LogP contribution is 2.27. The first-order chi connectivity index (χ1) is 9.95. The number of aryl methyl sites for hydroxylation is 1. The lowest BCUT2D eigenvalue weighted by Gasteiger charge is -2.00. The van der Waals surface area contributed by atoms with Crippen molar-refractivity contribution in [3.8, 4) is 0 Å². The molecule has 21 heavy (non-hydrogen) atoms. The number of carbonyl (C=O) groups is 2. The van der Waals surface area contributed by atoms with E-state index in [0.29, 0.717) is 5.56 Å². The molecule has 1 aromatic carbocycles. The van der Waals surface area contributed by atoms with Crippen LogP contribution < -0.4 is 5.32 Å². The van der Waals surface area contributed by atoms with Crippen LogP contribution in [0.25, 0.3) is 6.08 Å². The molecule has 2 aromatic rings. The van der Waals surface area contributed by atoms with Crippen molar-refractivity contribution in [2.24, 2.45) is 0 Å². The fourth-order valence-corrected chi connectivity index (χ4v) is 2.61. The van der Waals surface area contributed by atoms with Crippen molar-refractivity contribution in [3.63, 3.8) is 0 Å². The van der Waals surface area contributed by atoms with Gasteiger partial charge in [-0.05, 0) is 36.8 Å². The maximum absolute atomic E-state index is 13.0. The molecule has 0 aliphatic rings. The molecule has 0 saturated carbocycles. The van der Waals surface area contributed by atoms with Crippen molar-refractivity contribution in [2.75, 3.05) is 5.32 Å². The molecular formula is C15H12FNO3S. The van der Waals surface area contributed by atoms with Crippen LogP contribution in [0.1, 0.15) is 20.8 Å². The van der Waals surface area contributed by atoms with Gasteiger partial charge in [0.25, 0.3) is 0 Å². The van der Waals surface area contributed by atoms with E-state index in [1.807, 2.05) is 0 Å². The van der Waals surface area contributed by atoms with Crippen LogP contribution >= 0.6 is 11.3 Å². The van der Waals surface area contributed by atoms with Crippen LogP contribution in [0.3, 0.4) is 0 Å². The molecule has 6 heteroatoms. The smallest absolute Gasteiger partial charge is 0.338 e. The quantitative estimate of drug-likeness (QED) is 0.849. The average Bonchev–Trinajstić information content (AvgIpc) is 2.77. The molecule has 0 fully saturated rings. The highest BCUT2D eigenvalue weighted by Gasteiger charge is 2.14. The zero-order valence-electron chi connectivity index (χ0n) is 11.1. The van der Waals surface area contributed by atoms with Crippen molar-refractivity contribution in [1.82, 2.24) is 0 Å². The number of carboxylic acids is 1. The standard InChI is InChI=1S/C15H12FNO3S/c1-9-7-12(15(19)20)14(21-9)17-13(18)6-5-10-3-2-4-11(16)8-10/h2-8H,1H3,(H,17,18)(H,19,20). The molecule has 1 aromatic heterocycles. The van der Waals surface area contributed by atoms with Gasteiger partial charge in [-0.15, -0.1) is 11.3 Å². The lowest BCUT2D eigenvalue weighted by atomic mass is 10.2. The van der Waals surface area contributed by atoms with E-state index in [9.17, 15) is 14.0 Å². The summed E-state index contributed by atoms with van der Waals surface area (Å²) in [5, 5.41) is 11.8. The number of hydrogen-bond acceptors (Lipinski definition) is 3. The number of nitrogens with one attached hydrogen (secondary N) is 1. The Balaban J connectivity index is 2.10. The van der Waals surface area contributed by atoms with Gasteiger partial charge in [-0.3, -0.25) is 4.79 Å². The van der Waals surface area contributed by atoms with Crippen molar-refractivity contribution in [1.29, 1.82) is 0 Å². The van der Waals surface area contributed by atoms with E-state index in [-0.39, 0.29) is 16.4 Å². The molecule has 0 unspecified atom stereocenters. The Bertz CT molecular complexity index is 721. The molecule has 4 nitrogen and oxygen atoms in total. The molecule has 0 atom stereocenters. The summed E-state index contributed by atoms with van der Waals surface area (Å²) in [6.45, 7) is 1.76. The third-order valence-electron chi connectivity index (χ3n) is 2.60. The largest absolute Gasteiger partial charge is 0.478 e. The number of aromatic carboxylic acids is 1. The van der Waals surface area contributed by atoms with Gasteiger partial charge in [0.15, 0.2) is 0 Å². The van der Waals surface area contributed by atoms with Crippen LogP contribution in [-0.2, 0) is 4.79 Å². The number of rotatable bonds is 4. The zero-order valence-corrected chi connectivity index (χ0v) is 11.9. The molecule has 0 saturated heterocycles. The molecule has 2 N–H and O–H groups in total. The topological polar surface area (TPSA) is 66.4 Å². The van der Waals surface area contributed by atoms with Crippen molar-refractivity contribution in [2.45, 2.75) is 6.92 Å². The molecule has 1 amide bonds. The van der Waals surface area contributed by atoms with Crippen LogP contribution in [0.4, 0.5) is 9.39 Å². The van der Waals surface area contributed by atoms with Crippen LogP contribution in [0, 0.1) is 12.7 Å². The van der Waals surface area contributed by atoms with Crippen LogP contribution in [-0.4, -0.2) is 17.0 Å². The minimum absolute atomic E-state index is 0.0602. The van der Waals surface area contributed by atoms with Gasteiger partial charge in [0.05, 0.1) is 5.56 Å². The number of halogens is 1. The van der Waals surface area contributed by atoms with Gasteiger partial charge in [-0.2, -0.15) is 0 Å². The van der Waals surface area contributed by atoms with E-state index >= 15 is 0 Å². The highest BCUT2D eigenvalue weighted by atomic mass is 32.1. The summed E-state index contributed by atoms with van der Waals surface area (Å²) in [6, 6.07) is 7.30. The molecule has 0 aliphatic heterocycles. The van der Waals surface area contributed by atoms with Crippen LogP contribution in [0.15, 0.2) is 36.4 Å². The Morgan fingerprint density at radius 1 is 1.33 bits per heavy atom. The fourth-order valence-electron chi connectivity index (χ4n) is 1.70. The van der Waals surface area contributed by atoms with Crippen LogP contribution in [0.2, 0.25) is 0 Å². The van der Waals surface area contributed by atoms with E-state index in [0.717, 1.165) is 4.88 Å². The molecule has 108 valence electrons. The van der Waals surface area contributed by atoms with Gasteiger partial charge >= 0.3 is 5.97 Å². The van der Waals surface area contributed by atoms with Gasteiger partial charge in [0.1, 0.15) is 10.8 Å². The highest BCUT2D eigenvalue weighted by molar-refractivity contribution is 7.16. The first-order valence-corrected chi connectivity index (χ1v) is 6.85. The number of amides is 1. The van der Waals surface area contributed by atoms with E-state index in [2.05, 4.69) is 5.32 Å². The molecule has 1 heterocycles. The Kier molecular flexibility index (Phi) is 4.49. The predicted molar refractivity (Wildman–Crippen MR) is 80.1 cm³/mol. The maximum Gasteiger partial charge on any atom is 0.338 e. The Hall–Kier alpha value is -2.47. The van der Waals surface area contributed by atoms with Gasteiger partial charge in [-0.25, -0.2) is 9.18 Å². The maximum atomic E-state index is 13.0. The summed E-state index contributed by atoms with van der Waals surface area (Å²) < 4.78 is 13.0. The Morgan fingerprint density at radius 2 is 2.10 bits per heavy atom. The first kappa shape index (κ1) is 14.9. The predicted octanol–water partition coefficient (Wildman–Crippen LogP) is 3.55. The number of anilines is 1. The van der Waals surface area contributed by atoms with E-state index in [4.69, 9.17) is 5.11 Å². The Labute approximate surface area is 124 Å². The Morgan fingerprint density at radius 3 is 2.76 bits per heavy atom. The number of hydrogen-bond donors (Lipinski definition) is 2. The van der Waals surface area contributed by atoms with E-state index in [1.165, 1.54) is 47.8 Å². The summed E-state index contributed by atoms with van der Waals surface area (Å²) in [7, 11) is 0. The molecule has 0 spiro atoms. The number of carboxylic acid groups (broad SMARTS) is 1. The van der Waals surface area contributed by atoms with Gasteiger partial charge in [0, 0.05) is 11.0 Å². The van der Waals surface area contributed by atoms with Crippen molar-refractivity contribution >= 4 is 34.3 Å². The SMILES string of the molecule is Cc1cc(C(=O)O)c(NC(=O)C=Cc2cccc(F)c2)s1. The molecular weight excluding hydrogens is 293 g/mol. The summed E-state index contributed by atoms with van der Waals surface area (Å²) in [5.74, 6) is -1.95.